The van der Waals surface area contributed by atoms with E-state index in [1.54, 1.807) is 11.6 Å². The average Bonchev–Trinajstić information content (AvgIpc) is 3.15. The highest BCUT2D eigenvalue weighted by molar-refractivity contribution is 5.99. The van der Waals surface area contributed by atoms with Gasteiger partial charge in [0, 0.05) is 23.6 Å². The molecule has 0 saturated carbocycles. The third kappa shape index (κ3) is 5.22. The molecule has 0 fully saturated rings. The highest BCUT2D eigenvalue weighted by Crippen LogP contribution is 2.27. The van der Waals surface area contributed by atoms with Crippen LogP contribution in [0.2, 0.25) is 0 Å². The van der Waals surface area contributed by atoms with Crippen molar-refractivity contribution >= 4 is 17.6 Å². The molecule has 0 saturated heterocycles. The average molecular weight is 437 g/mol. The third-order valence-corrected chi connectivity index (χ3v) is 5.16. The molecule has 2 aromatic carbocycles. The summed E-state index contributed by atoms with van der Waals surface area (Å²) >= 11 is 0. The maximum atomic E-state index is 13.5. The highest BCUT2D eigenvalue weighted by Gasteiger charge is 2.23. The van der Waals surface area contributed by atoms with Gasteiger partial charge in [-0.05, 0) is 43.7 Å². The summed E-state index contributed by atoms with van der Waals surface area (Å²) < 4.78 is 15.2. The normalized spacial score (nSPS) is 11.3. The fourth-order valence-electron chi connectivity index (χ4n) is 3.31. The van der Waals surface area contributed by atoms with Crippen molar-refractivity contribution in [1.82, 2.24) is 14.7 Å². The standard InChI is InChI=1S/C25H29FN4O2/c1-6-29(24(32)18-11-9-12-19(26)14-18)16-23(31)27-22-15-21(25(3,4)5)28-30(22)20-13-8-7-10-17(20)2/h7-15H,6,16H2,1-5H3,(H,27,31). The van der Waals surface area contributed by atoms with Gasteiger partial charge in [0.1, 0.15) is 18.2 Å². The molecule has 168 valence electrons. The smallest absolute Gasteiger partial charge is 0.254 e. The number of hydrogen-bond acceptors (Lipinski definition) is 3. The molecule has 0 spiro atoms. The van der Waals surface area contributed by atoms with Crippen molar-refractivity contribution in [3.63, 3.8) is 0 Å². The fraction of sp³-hybridized carbons (Fsp3) is 0.320. The lowest BCUT2D eigenvalue weighted by Gasteiger charge is -2.20. The molecule has 1 heterocycles. The molecule has 3 aromatic rings. The summed E-state index contributed by atoms with van der Waals surface area (Å²) in [7, 11) is 0. The highest BCUT2D eigenvalue weighted by atomic mass is 19.1. The molecule has 7 heteroatoms. The van der Waals surface area contributed by atoms with Gasteiger partial charge in [-0.1, -0.05) is 45.0 Å². The molecule has 0 unspecified atom stereocenters. The number of nitrogens with one attached hydrogen (secondary N) is 1. The molecule has 0 bridgehead atoms. The van der Waals surface area contributed by atoms with Crippen molar-refractivity contribution in [2.45, 2.75) is 40.0 Å². The Morgan fingerprint density at radius 2 is 1.81 bits per heavy atom. The number of amides is 2. The molecule has 3 rings (SSSR count). The zero-order valence-corrected chi connectivity index (χ0v) is 19.1. The maximum absolute atomic E-state index is 13.5. The van der Waals surface area contributed by atoms with Gasteiger partial charge < -0.3 is 10.2 Å². The molecular weight excluding hydrogens is 407 g/mol. The summed E-state index contributed by atoms with van der Waals surface area (Å²) in [6.07, 6.45) is 0. The topological polar surface area (TPSA) is 67.2 Å². The van der Waals surface area contributed by atoms with E-state index in [0.29, 0.717) is 12.4 Å². The van der Waals surface area contributed by atoms with E-state index in [1.807, 2.05) is 37.3 Å². The molecule has 1 aromatic heterocycles. The van der Waals surface area contributed by atoms with Crippen LogP contribution in [0.5, 0.6) is 0 Å². The Bertz CT molecular complexity index is 1130. The third-order valence-electron chi connectivity index (χ3n) is 5.16. The van der Waals surface area contributed by atoms with Crippen molar-refractivity contribution in [2.24, 2.45) is 0 Å². The summed E-state index contributed by atoms with van der Waals surface area (Å²) in [5.74, 6) is -0.714. The number of aromatic nitrogens is 2. The predicted octanol–water partition coefficient (Wildman–Crippen LogP) is 4.72. The van der Waals surface area contributed by atoms with Gasteiger partial charge in [0.05, 0.1) is 11.4 Å². The second-order valence-corrected chi connectivity index (χ2v) is 8.74. The van der Waals surface area contributed by atoms with Crippen molar-refractivity contribution in [1.29, 1.82) is 0 Å². The monoisotopic (exact) mass is 436 g/mol. The fourth-order valence-corrected chi connectivity index (χ4v) is 3.31. The van der Waals surface area contributed by atoms with E-state index in [9.17, 15) is 14.0 Å². The summed E-state index contributed by atoms with van der Waals surface area (Å²) in [5, 5.41) is 7.64. The molecule has 0 atom stereocenters. The molecule has 1 N–H and O–H groups in total. The summed E-state index contributed by atoms with van der Waals surface area (Å²) in [5.41, 5.74) is 2.71. The number of hydrogen-bond donors (Lipinski definition) is 1. The number of carbonyl (C=O) groups is 2. The predicted molar refractivity (Wildman–Crippen MR) is 124 cm³/mol. The SMILES string of the molecule is CCN(CC(=O)Nc1cc(C(C)(C)C)nn1-c1ccccc1C)C(=O)c1cccc(F)c1. The quantitative estimate of drug-likeness (QED) is 0.608. The van der Waals surface area contributed by atoms with Gasteiger partial charge in [0.2, 0.25) is 5.91 Å². The molecule has 6 nitrogen and oxygen atoms in total. The first-order valence-corrected chi connectivity index (χ1v) is 10.6. The first-order valence-electron chi connectivity index (χ1n) is 10.6. The molecule has 0 aliphatic heterocycles. The number of nitrogens with zero attached hydrogens (tertiary/aromatic N) is 3. The van der Waals surface area contributed by atoms with Crippen LogP contribution in [-0.4, -0.2) is 39.6 Å². The van der Waals surface area contributed by atoms with Gasteiger partial charge in [0.15, 0.2) is 0 Å². The van der Waals surface area contributed by atoms with E-state index in [0.717, 1.165) is 16.9 Å². The molecule has 0 radical (unpaired) electrons. The first-order chi connectivity index (χ1) is 15.1. The van der Waals surface area contributed by atoms with Crippen LogP contribution < -0.4 is 5.32 Å². The van der Waals surface area contributed by atoms with E-state index in [4.69, 9.17) is 5.10 Å². The van der Waals surface area contributed by atoms with E-state index < -0.39 is 11.7 Å². The van der Waals surface area contributed by atoms with E-state index in [1.165, 1.54) is 29.2 Å². The number of aryl methyl sites for hydroxylation is 1. The number of rotatable bonds is 6. The number of halogens is 1. The summed E-state index contributed by atoms with van der Waals surface area (Å²) in [6, 6.07) is 15.1. The van der Waals surface area contributed by atoms with Crippen molar-refractivity contribution in [3.8, 4) is 5.69 Å². The minimum atomic E-state index is -0.492. The minimum Gasteiger partial charge on any atom is -0.330 e. The Morgan fingerprint density at radius 3 is 2.44 bits per heavy atom. The van der Waals surface area contributed by atoms with Gasteiger partial charge in [-0.2, -0.15) is 5.10 Å². The van der Waals surface area contributed by atoms with Crippen LogP contribution in [0.1, 0.15) is 49.3 Å². The van der Waals surface area contributed by atoms with Crippen molar-refractivity contribution in [3.05, 3.63) is 77.2 Å². The Morgan fingerprint density at radius 1 is 1.09 bits per heavy atom. The molecule has 2 amide bonds. The van der Waals surface area contributed by atoms with Gasteiger partial charge in [-0.15, -0.1) is 0 Å². The van der Waals surface area contributed by atoms with E-state index in [2.05, 4.69) is 26.1 Å². The van der Waals surface area contributed by atoms with Crippen LogP contribution in [0, 0.1) is 12.7 Å². The Balaban J connectivity index is 1.85. The van der Waals surface area contributed by atoms with Crippen molar-refractivity contribution in [2.75, 3.05) is 18.4 Å². The van der Waals surface area contributed by atoms with E-state index >= 15 is 0 Å². The molecule has 32 heavy (non-hydrogen) atoms. The molecule has 0 aliphatic carbocycles. The number of likely N-dealkylation sites (N-methyl/N-ethyl adjacent to an activating group) is 1. The Labute approximate surface area is 188 Å². The molecular formula is C25H29FN4O2. The second-order valence-electron chi connectivity index (χ2n) is 8.74. The second kappa shape index (κ2) is 9.34. The maximum Gasteiger partial charge on any atom is 0.254 e. The number of carbonyl (C=O) groups excluding carboxylic acids is 2. The van der Waals surface area contributed by atoms with Crippen LogP contribution in [0.3, 0.4) is 0 Å². The van der Waals surface area contributed by atoms with Crippen LogP contribution in [-0.2, 0) is 10.2 Å². The van der Waals surface area contributed by atoms with E-state index in [-0.39, 0.29) is 23.4 Å². The van der Waals surface area contributed by atoms with Gasteiger partial charge in [-0.3, -0.25) is 9.59 Å². The zero-order valence-electron chi connectivity index (χ0n) is 19.1. The van der Waals surface area contributed by atoms with Gasteiger partial charge in [0.25, 0.3) is 5.91 Å². The Kier molecular flexibility index (Phi) is 6.77. The lowest BCUT2D eigenvalue weighted by atomic mass is 9.92. The summed E-state index contributed by atoms with van der Waals surface area (Å²) in [6.45, 7) is 10.1. The van der Waals surface area contributed by atoms with Crippen LogP contribution in [0.15, 0.2) is 54.6 Å². The van der Waals surface area contributed by atoms with Gasteiger partial charge >= 0.3 is 0 Å². The number of para-hydroxylation sites is 1. The minimum absolute atomic E-state index is 0.157. The number of anilines is 1. The lowest BCUT2D eigenvalue weighted by Crippen LogP contribution is -2.38. The van der Waals surface area contributed by atoms with Crippen LogP contribution >= 0.6 is 0 Å². The first kappa shape index (κ1) is 23.2. The number of benzene rings is 2. The van der Waals surface area contributed by atoms with Crippen LogP contribution in [0.25, 0.3) is 5.69 Å². The zero-order chi connectivity index (χ0) is 23.5. The molecule has 0 aliphatic rings. The lowest BCUT2D eigenvalue weighted by molar-refractivity contribution is -0.116. The van der Waals surface area contributed by atoms with Gasteiger partial charge in [-0.25, -0.2) is 9.07 Å². The van der Waals surface area contributed by atoms with Crippen LogP contribution in [0.4, 0.5) is 10.2 Å². The van der Waals surface area contributed by atoms with Crippen molar-refractivity contribution < 1.29 is 14.0 Å². The summed E-state index contributed by atoms with van der Waals surface area (Å²) in [4.78, 5) is 27.0. The Hall–Kier alpha value is -3.48. The largest absolute Gasteiger partial charge is 0.330 e.